The smallest absolute Gasteiger partial charge is 0.260 e. The Morgan fingerprint density at radius 1 is 1.41 bits per heavy atom. The molecule has 1 atom stereocenters. The standard InChI is InChI=1S/C15H15F2N3O2/c16-10-6-11(17)14(13(21)7-10)15(22)20-5-1-2-9(8-20)12-3-4-18-19-12/h3-4,6-7,9,21H,1-2,5,8H2,(H,18,19). The van der Waals surface area contributed by atoms with E-state index >= 15 is 0 Å². The molecule has 1 aromatic heterocycles. The molecule has 2 aromatic rings. The predicted molar refractivity (Wildman–Crippen MR) is 74.5 cm³/mol. The third kappa shape index (κ3) is 2.66. The Labute approximate surface area is 125 Å². The van der Waals surface area contributed by atoms with Crippen LogP contribution in [-0.4, -0.2) is 39.2 Å². The van der Waals surface area contributed by atoms with E-state index in [1.807, 2.05) is 6.07 Å². The van der Waals surface area contributed by atoms with Crippen LogP contribution in [0.3, 0.4) is 0 Å². The molecule has 7 heteroatoms. The molecule has 0 spiro atoms. The highest BCUT2D eigenvalue weighted by molar-refractivity contribution is 5.97. The average molecular weight is 307 g/mol. The average Bonchev–Trinajstić information content (AvgIpc) is 3.00. The molecule has 1 aliphatic heterocycles. The van der Waals surface area contributed by atoms with Crippen molar-refractivity contribution in [1.82, 2.24) is 15.1 Å². The maximum atomic E-state index is 13.8. The summed E-state index contributed by atoms with van der Waals surface area (Å²) < 4.78 is 26.8. The van der Waals surface area contributed by atoms with Crippen molar-refractivity contribution in [2.45, 2.75) is 18.8 Å². The van der Waals surface area contributed by atoms with Gasteiger partial charge in [0.1, 0.15) is 22.9 Å². The number of amides is 1. The second kappa shape index (κ2) is 5.75. The van der Waals surface area contributed by atoms with E-state index in [0.29, 0.717) is 19.2 Å². The topological polar surface area (TPSA) is 69.2 Å². The van der Waals surface area contributed by atoms with E-state index in [2.05, 4.69) is 10.2 Å². The molecule has 3 rings (SSSR count). The summed E-state index contributed by atoms with van der Waals surface area (Å²) in [5.41, 5.74) is 0.438. The van der Waals surface area contributed by atoms with Crippen LogP contribution in [0.2, 0.25) is 0 Å². The summed E-state index contributed by atoms with van der Waals surface area (Å²) in [5.74, 6) is -3.18. The van der Waals surface area contributed by atoms with E-state index in [1.54, 1.807) is 6.20 Å². The van der Waals surface area contributed by atoms with Gasteiger partial charge < -0.3 is 10.0 Å². The number of likely N-dealkylation sites (tertiary alicyclic amines) is 1. The first kappa shape index (κ1) is 14.5. The highest BCUT2D eigenvalue weighted by Crippen LogP contribution is 2.29. The summed E-state index contributed by atoms with van der Waals surface area (Å²) in [6.45, 7) is 0.872. The first-order chi connectivity index (χ1) is 10.6. The van der Waals surface area contributed by atoms with Crippen molar-refractivity contribution in [1.29, 1.82) is 0 Å². The number of hydrogen-bond acceptors (Lipinski definition) is 3. The molecule has 22 heavy (non-hydrogen) atoms. The fourth-order valence-electron chi connectivity index (χ4n) is 2.84. The lowest BCUT2D eigenvalue weighted by Gasteiger charge is -2.32. The second-order valence-corrected chi connectivity index (χ2v) is 5.38. The number of aromatic amines is 1. The molecule has 0 radical (unpaired) electrons. The highest BCUT2D eigenvalue weighted by atomic mass is 19.1. The zero-order valence-corrected chi connectivity index (χ0v) is 11.7. The Balaban J connectivity index is 1.83. The molecule has 0 bridgehead atoms. The van der Waals surface area contributed by atoms with Crippen LogP contribution < -0.4 is 0 Å². The lowest BCUT2D eigenvalue weighted by atomic mass is 9.94. The van der Waals surface area contributed by atoms with Gasteiger partial charge in [0.15, 0.2) is 0 Å². The number of carbonyl (C=O) groups is 1. The maximum Gasteiger partial charge on any atom is 0.260 e. The van der Waals surface area contributed by atoms with Gasteiger partial charge in [-0.3, -0.25) is 9.89 Å². The van der Waals surface area contributed by atoms with Crippen LogP contribution in [0.5, 0.6) is 5.75 Å². The van der Waals surface area contributed by atoms with E-state index in [0.717, 1.165) is 24.6 Å². The summed E-state index contributed by atoms with van der Waals surface area (Å²) in [4.78, 5) is 13.9. The van der Waals surface area contributed by atoms with Crippen molar-refractivity contribution < 1.29 is 18.7 Å². The van der Waals surface area contributed by atoms with E-state index in [4.69, 9.17) is 0 Å². The minimum atomic E-state index is -1.05. The summed E-state index contributed by atoms with van der Waals surface area (Å²) >= 11 is 0. The lowest BCUT2D eigenvalue weighted by Crippen LogP contribution is -2.39. The van der Waals surface area contributed by atoms with Crippen LogP contribution in [0.25, 0.3) is 0 Å². The van der Waals surface area contributed by atoms with Gasteiger partial charge in [0.05, 0.1) is 0 Å². The van der Waals surface area contributed by atoms with Gasteiger partial charge in [0.2, 0.25) is 0 Å². The van der Waals surface area contributed by atoms with Crippen molar-refractivity contribution >= 4 is 5.91 Å². The predicted octanol–water partition coefficient (Wildman–Crippen LogP) is 2.41. The monoisotopic (exact) mass is 307 g/mol. The van der Waals surface area contributed by atoms with Gasteiger partial charge in [-0.2, -0.15) is 5.10 Å². The van der Waals surface area contributed by atoms with Crippen molar-refractivity contribution in [2.24, 2.45) is 0 Å². The van der Waals surface area contributed by atoms with Gasteiger partial charge in [-0.25, -0.2) is 8.78 Å². The highest BCUT2D eigenvalue weighted by Gasteiger charge is 2.29. The van der Waals surface area contributed by atoms with Crippen LogP contribution in [0.4, 0.5) is 8.78 Å². The molecule has 2 heterocycles. The third-order valence-corrected chi connectivity index (χ3v) is 3.92. The van der Waals surface area contributed by atoms with Gasteiger partial charge >= 0.3 is 0 Å². The fraction of sp³-hybridized carbons (Fsp3) is 0.333. The van der Waals surface area contributed by atoms with Gasteiger partial charge in [-0.1, -0.05) is 0 Å². The number of H-pyrrole nitrogens is 1. The Hall–Kier alpha value is -2.44. The molecule has 1 amide bonds. The fourth-order valence-corrected chi connectivity index (χ4v) is 2.84. The first-order valence-corrected chi connectivity index (χ1v) is 7.03. The van der Waals surface area contributed by atoms with Crippen LogP contribution in [0.15, 0.2) is 24.4 Å². The number of piperidine rings is 1. The Kier molecular flexibility index (Phi) is 3.79. The van der Waals surface area contributed by atoms with Crippen molar-refractivity contribution in [3.63, 3.8) is 0 Å². The summed E-state index contributed by atoms with van der Waals surface area (Å²) in [6.07, 6.45) is 3.30. The lowest BCUT2D eigenvalue weighted by molar-refractivity contribution is 0.0697. The number of halogens is 2. The Bertz CT molecular complexity index is 665. The van der Waals surface area contributed by atoms with E-state index in [1.165, 1.54) is 4.90 Å². The van der Waals surface area contributed by atoms with Gasteiger partial charge in [-0.15, -0.1) is 0 Å². The second-order valence-electron chi connectivity index (χ2n) is 5.38. The quantitative estimate of drug-likeness (QED) is 0.895. The van der Waals surface area contributed by atoms with E-state index < -0.39 is 28.9 Å². The largest absolute Gasteiger partial charge is 0.507 e. The van der Waals surface area contributed by atoms with Gasteiger partial charge in [0.25, 0.3) is 5.91 Å². The number of aromatic hydroxyl groups is 1. The molecule has 1 saturated heterocycles. The molecule has 116 valence electrons. The molecule has 1 unspecified atom stereocenters. The van der Waals surface area contributed by atoms with Gasteiger partial charge in [0, 0.05) is 43.0 Å². The molecule has 1 aliphatic rings. The molecule has 2 N–H and O–H groups in total. The summed E-state index contributed by atoms with van der Waals surface area (Å²) in [7, 11) is 0. The minimum absolute atomic E-state index is 0.0888. The van der Waals surface area contributed by atoms with Crippen LogP contribution in [0, 0.1) is 11.6 Å². The number of rotatable bonds is 2. The molecular weight excluding hydrogens is 292 g/mol. The molecule has 1 aromatic carbocycles. The summed E-state index contributed by atoms with van der Waals surface area (Å²) in [5, 5.41) is 16.4. The number of hydrogen-bond donors (Lipinski definition) is 2. The van der Waals surface area contributed by atoms with Crippen LogP contribution >= 0.6 is 0 Å². The minimum Gasteiger partial charge on any atom is -0.507 e. The normalized spacial score (nSPS) is 18.5. The SMILES string of the molecule is O=C(c1c(O)cc(F)cc1F)N1CCCC(c2ccn[nH]2)C1. The van der Waals surface area contributed by atoms with E-state index in [-0.39, 0.29) is 5.92 Å². The molecule has 1 fully saturated rings. The number of aromatic nitrogens is 2. The molecular formula is C15H15F2N3O2. The van der Waals surface area contributed by atoms with E-state index in [9.17, 15) is 18.7 Å². The van der Waals surface area contributed by atoms with Crippen molar-refractivity contribution in [3.8, 4) is 5.75 Å². The van der Waals surface area contributed by atoms with Crippen LogP contribution in [0.1, 0.15) is 34.8 Å². The maximum absolute atomic E-state index is 13.8. The Morgan fingerprint density at radius 2 is 2.23 bits per heavy atom. The number of phenolic OH excluding ortho intramolecular Hbond substituents is 1. The zero-order valence-electron chi connectivity index (χ0n) is 11.7. The number of carbonyl (C=O) groups excluding carboxylic acids is 1. The molecule has 5 nitrogen and oxygen atoms in total. The number of benzene rings is 1. The van der Waals surface area contributed by atoms with Gasteiger partial charge in [-0.05, 0) is 18.9 Å². The number of nitrogens with one attached hydrogen (secondary N) is 1. The Morgan fingerprint density at radius 3 is 2.91 bits per heavy atom. The summed E-state index contributed by atoms with van der Waals surface area (Å²) in [6, 6.07) is 3.19. The first-order valence-electron chi connectivity index (χ1n) is 7.03. The third-order valence-electron chi connectivity index (χ3n) is 3.92. The van der Waals surface area contributed by atoms with Crippen molar-refractivity contribution in [2.75, 3.05) is 13.1 Å². The molecule has 0 aliphatic carbocycles. The number of phenols is 1. The molecule has 0 saturated carbocycles. The van der Waals surface area contributed by atoms with Crippen molar-refractivity contribution in [3.05, 3.63) is 47.3 Å². The zero-order chi connectivity index (χ0) is 15.7. The number of nitrogens with zero attached hydrogens (tertiary/aromatic N) is 2. The van der Waals surface area contributed by atoms with Crippen LogP contribution in [-0.2, 0) is 0 Å².